The minimum absolute atomic E-state index is 0.240. The van der Waals surface area contributed by atoms with Crippen molar-refractivity contribution in [3.63, 3.8) is 0 Å². The number of hydrogen-bond acceptors (Lipinski definition) is 0. The van der Waals surface area contributed by atoms with Gasteiger partial charge in [-0.05, 0) is 106 Å². The number of halogens is 4. The highest BCUT2D eigenvalue weighted by atomic mass is 19.4. The second-order valence-corrected chi connectivity index (χ2v) is 9.77. The molecule has 0 radical (unpaired) electrons. The number of rotatable bonds is 4. The Kier molecular flexibility index (Phi) is 7.67. The standard InChI is InChI=1S/C24H36F4/c1-17-2-4-18(5-3-17)6-7-19-8-12-21(13-9-19)22-14-10-20(11-15-22)16-23(25)24(26,27)28/h6-7,16-22H,2-5,8-15H2,1H3/b7-6+,23-16?. The number of hydrogen-bond donors (Lipinski definition) is 0. The Bertz CT molecular complexity index is 523. The molecule has 0 aromatic heterocycles. The lowest BCUT2D eigenvalue weighted by Gasteiger charge is -2.37. The first-order valence-electron chi connectivity index (χ1n) is 11.4. The summed E-state index contributed by atoms with van der Waals surface area (Å²) < 4.78 is 50.2. The zero-order valence-electron chi connectivity index (χ0n) is 17.2. The summed E-state index contributed by atoms with van der Waals surface area (Å²) in [6, 6.07) is 0. The topological polar surface area (TPSA) is 0 Å². The van der Waals surface area contributed by atoms with E-state index in [-0.39, 0.29) is 5.92 Å². The first-order chi connectivity index (χ1) is 13.3. The lowest BCUT2D eigenvalue weighted by molar-refractivity contribution is -0.109. The van der Waals surface area contributed by atoms with E-state index in [0.29, 0.717) is 18.8 Å². The molecule has 3 saturated carbocycles. The molecule has 3 rings (SSSR count). The van der Waals surface area contributed by atoms with Crippen molar-refractivity contribution >= 4 is 0 Å². The third-order valence-electron chi connectivity index (χ3n) is 7.67. The smallest absolute Gasteiger partial charge is 0.202 e. The summed E-state index contributed by atoms with van der Waals surface area (Å²) in [5, 5.41) is 0. The molecule has 160 valence electrons. The summed E-state index contributed by atoms with van der Waals surface area (Å²) in [4.78, 5) is 0. The van der Waals surface area contributed by atoms with Crippen molar-refractivity contribution in [1.82, 2.24) is 0 Å². The van der Waals surface area contributed by atoms with Crippen LogP contribution in [0.15, 0.2) is 24.1 Å². The van der Waals surface area contributed by atoms with Crippen LogP contribution < -0.4 is 0 Å². The van der Waals surface area contributed by atoms with Crippen LogP contribution >= 0.6 is 0 Å². The summed E-state index contributed by atoms with van der Waals surface area (Å²) in [5.74, 6) is 1.60. The minimum atomic E-state index is -4.82. The average molecular weight is 401 g/mol. The first kappa shape index (κ1) is 21.9. The van der Waals surface area contributed by atoms with Crippen LogP contribution in [0.2, 0.25) is 0 Å². The van der Waals surface area contributed by atoms with E-state index in [1.807, 2.05) is 0 Å². The van der Waals surface area contributed by atoms with Crippen LogP contribution in [0.5, 0.6) is 0 Å². The second-order valence-electron chi connectivity index (χ2n) is 9.77. The van der Waals surface area contributed by atoms with E-state index in [1.165, 1.54) is 51.4 Å². The van der Waals surface area contributed by atoms with Crippen molar-refractivity contribution in [2.45, 2.75) is 90.1 Å². The molecule has 0 spiro atoms. The SMILES string of the molecule is CC1CCC(/C=C/C2CCC(C3CCC(C=C(F)C(F)(F)F)CC3)CC2)CC1. The van der Waals surface area contributed by atoms with E-state index in [4.69, 9.17) is 0 Å². The summed E-state index contributed by atoms with van der Waals surface area (Å²) in [5.41, 5.74) is 0. The zero-order valence-corrected chi connectivity index (χ0v) is 17.2. The van der Waals surface area contributed by atoms with Crippen molar-refractivity contribution in [3.05, 3.63) is 24.1 Å². The first-order valence-corrected chi connectivity index (χ1v) is 11.4. The molecule has 3 aliphatic carbocycles. The van der Waals surface area contributed by atoms with Crippen molar-refractivity contribution in [2.75, 3.05) is 0 Å². The third-order valence-corrected chi connectivity index (χ3v) is 7.67. The van der Waals surface area contributed by atoms with Gasteiger partial charge in [-0.3, -0.25) is 0 Å². The summed E-state index contributed by atoms with van der Waals surface area (Å²) in [7, 11) is 0. The second kappa shape index (κ2) is 9.80. The quantitative estimate of drug-likeness (QED) is 0.328. The molecule has 0 saturated heterocycles. The van der Waals surface area contributed by atoms with Crippen molar-refractivity contribution in [3.8, 4) is 0 Å². The lowest BCUT2D eigenvalue weighted by Crippen LogP contribution is -2.25. The normalized spacial score (nSPS) is 38.7. The molecule has 0 aromatic carbocycles. The van der Waals surface area contributed by atoms with Gasteiger partial charge in [-0.25, -0.2) is 4.39 Å². The number of allylic oxidation sites excluding steroid dienone is 4. The Morgan fingerprint density at radius 1 is 0.643 bits per heavy atom. The molecule has 0 aliphatic heterocycles. The predicted molar refractivity (Wildman–Crippen MR) is 106 cm³/mol. The van der Waals surface area contributed by atoms with Crippen LogP contribution in [0.25, 0.3) is 0 Å². The summed E-state index contributed by atoms with van der Waals surface area (Å²) >= 11 is 0. The molecule has 3 aliphatic rings. The Morgan fingerprint density at radius 3 is 1.46 bits per heavy atom. The fourth-order valence-electron chi connectivity index (χ4n) is 5.69. The van der Waals surface area contributed by atoms with Crippen LogP contribution in [-0.4, -0.2) is 6.18 Å². The van der Waals surface area contributed by atoms with Gasteiger partial charge in [-0.1, -0.05) is 31.9 Å². The minimum Gasteiger partial charge on any atom is -0.202 e. The summed E-state index contributed by atoms with van der Waals surface area (Å²) in [6.07, 6.45) is 14.7. The highest BCUT2D eigenvalue weighted by molar-refractivity contribution is 5.03. The van der Waals surface area contributed by atoms with Crippen LogP contribution in [0, 0.1) is 35.5 Å². The Labute approximate surface area is 167 Å². The fraction of sp³-hybridized carbons (Fsp3) is 0.833. The van der Waals surface area contributed by atoms with E-state index in [2.05, 4.69) is 19.1 Å². The molecule has 3 fully saturated rings. The maximum atomic E-state index is 13.1. The highest BCUT2D eigenvalue weighted by Gasteiger charge is 2.36. The maximum Gasteiger partial charge on any atom is 0.442 e. The van der Waals surface area contributed by atoms with E-state index in [0.717, 1.165) is 42.6 Å². The Hall–Kier alpha value is -0.800. The fourth-order valence-corrected chi connectivity index (χ4v) is 5.69. The molecule has 0 bridgehead atoms. The average Bonchev–Trinajstić information content (AvgIpc) is 2.68. The van der Waals surface area contributed by atoms with Crippen molar-refractivity contribution in [1.29, 1.82) is 0 Å². The predicted octanol–water partition coefficient (Wildman–Crippen LogP) is 8.40. The molecule has 0 heterocycles. The van der Waals surface area contributed by atoms with Gasteiger partial charge in [0.2, 0.25) is 0 Å². The van der Waals surface area contributed by atoms with Crippen LogP contribution in [0.4, 0.5) is 17.6 Å². The Morgan fingerprint density at radius 2 is 1.04 bits per heavy atom. The Balaban J connectivity index is 1.38. The lowest BCUT2D eigenvalue weighted by atomic mass is 9.69. The van der Waals surface area contributed by atoms with Gasteiger partial charge in [0.05, 0.1) is 0 Å². The molecule has 0 amide bonds. The highest BCUT2D eigenvalue weighted by Crippen LogP contribution is 2.43. The van der Waals surface area contributed by atoms with Crippen molar-refractivity contribution < 1.29 is 17.6 Å². The monoisotopic (exact) mass is 400 g/mol. The molecule has 0 unspecified atom stereocenters. The van der Waals surface area contributed by atoms with Crippen LogP contribution in [-0.2, 0) is 0 Å². The maximum absolute atomic E-state index is 13.1. The van der Waals surface area contributed by atoms with Crippen LogP contribution in [0.3, 0.4) is 0 Å². The molecular weight excluding hydrogens is 364 g/mol. The summed E-state index contributed by atoms with van der Waals surface area (Å²) in [6.45, 7) is 2.36. The van der Waals surface area contributed by atoms with Gasteiger partial charge < -0.3 is 0 Å². The molecule has 0 N–H and O–H groups in total. The molecule has 0 aromatic rings. The molecule has 0 atom stereocenters. The van der Waals surface area contributed by atoms with Gasteiger partial charge in [0.15, 0.2) is 5.83 Å². The van der Waals surface area contributed by atoms with Gasteiger partial charge in [-0.2, -0.15) is 13.2 Å². The molecule has 4 heteroatoms. The van der Waals surface area contributed by atoms with Gasteiger partial charge in [-0.15, -0.1) is 0 Å². The third kappa shape index (κ3) is 6.35. The van der Waals surface area contributed by atoms with Gasteiger partial charge in [0.25, 0.3) is 0 Å². The van der Waals surface area contributed by atoms with Crippen LogP contribution in [0.1, 0.15) is 84.0 Å². The molecule has 0 nitrogen and oxygen atoms in total. The van der Waals surface area contributed by atoms with E-state index < -0.39 is 12.0 Å². The van der Waals surface area contributed by atoms with E-state index in [1.54, 1.807) is 0 Å². The molecule has 28 heavy (non-hydrogen) atoms. The van der Waals surface area contributed by atoms with Gasteiger partial charge >= 0.3 is 6.18 Å². The van der Waals surface area contributed by atoms with Gasteiger partial charge in [0.1, 0.15) is 0 Å². The van der Waals surface area contributed by atoms with Gasteiger partial charge in [0, 0.05) is 0 Å². The van der Waals surface area contributed by atoms with Crippen molar-refractivity contribution in [2.24, 2.45) is 35.5 Å². The van der Waals surface area contributed by atoms with E-state index in [9.17, 15) is 17.6 Å². The number of alkyl halides is 3. The van der Waals surface area contributed by atoms with E-state index >= 15 is 0 Å². The largest absolute Gasteiger partial charge is 0.442 e. The molecular formula is C24H36F4. The zero-order chi connectivity index (χ0) is 20.1.